The maximum atomic E-state index is 13.1. The summed E-state index contributed by atoms with van der Waals surface area (Å²) in [6.45, 7) is 4.29. The lowest BCUT2D eigenvalue weighted by molar-refractivity contribution is -0.0804. The summed E-state index contributed by atoms with van der Waals surface area (Å²) >= 11 is 3.50. The van der Waals surface area contributed by atoms with Crippen LogP contribution in [0.1, 0.15) is 50.3 Å². The van der Waals surface area contributed by atoms with Gasteiger partial charge in [0.1, 0.15) is 6.10 Å². The molecule has 2 fully saturated rings. The van der Waals surface area contributed by atoms with E-state index in [1.165, 1.54) is 5.56 Å². The highest BCUT2D eigenvalue weighted by Gasteiger charge is 2.45. The summed E-state index contributed by atoms with van der Waals surface area (Å²) in [5.41, 5.74) is 1.37. The van der Waals surface area contributed by atoms with E-state index in [1.54, 1.807) is 0 Å². The SMILES string of the molecule is CC(C)(O)C(Cc1ccccc1)[C@@H]1CCN([C@H](c2ccc(Br)cc2)C2CC2)C(=O)O1. The van der Waals surface area contributed by atoms with Crippen molar-refractivity contribution in [3.05, 3.63) is 70.2 Å². The smallest absolute Gasteiger partial charge is 0.410 e. The Kier molecular flexibility index (Phi) is 6.21. The van der Waals surface area contributed by atoms with Crippen molar-refractivity contribution in [2.45, 2.75) is 57.3 Å². The highest BCUT2D eigenvalue weighted by molar-refractivity contribution is 9.10. The second kappa shape index (κ2) is 8.72. The fourth-order valence-corrected chi connectivity index (χ4v) is 4.90. The minimum absolute atomic E-state index is 0.0706. The largest absolute Gasteiger partial charge is 0.446 e. The minimum Gasteiger partial charge on any atom is -0.446 e. The molecular weight excluding hydrogens is 442 g/mol. The number of benzene rings is 2. The molecule has 160 valence electrons. The van der Waals surface area contributed by atoms with Crippen LogP contribution < -0.4 is 0 Å². The predicted molar refractivity (Wildman–Crippen MR) is 121 cm³/mol. The van der Waals surface area contributed by atoms with Gasteiger partial charge >= 0.3 is 6.09 Å². The molecule has 1 aliphatic heterocycles. The number of aliphatic hydroxyl groups is 1. The molecule has 3 atom stereocenters. The molecule has 1 saturated heterocycles. The average molecular weight is 472 g/mol. The molecule has 4 nitrogen and oxygen atoms in total. The third kappa shape index (κ3) is 4.89. The average Bonchev–Trinajstić information content (AvgIpc) is 3.54. The standard InChI is InChI=1S/C25H30BrNO3/c1-25(2,29)21(16-17-6-4-3-5-7-17)22-14-15-27(24(28)30-22)23(18-8-9-18)19-10-12-20(26)13-11-19/h3-7,10-13,18,21-23,29H,8-9,14-16H2,1-2H3/t21?,22-,23-/m0/s1. The summed E-state index contributed by atoms with van der Waals surface area (Å²) in [6.07, 6.45) is 3.16. The van der Waals surface area contributed by atoms with E-state index in [4.69, 9.17) is 4.74 Å². The van der Waals surface area contributed by atoms with Gasteiger partial charge in [-0.25, -0.2) is 4.79 Å². The van der Waals surface area contributed by atoms with Crippen LogP contribution in [0.25, 0.3) is 0 Å². The molecule has 5 heteroatoms. The summed E-state index contributed by atoms with van der Waals surface area (Å²) in [4.78, 5) is 15.0. The zero-order valence-corrected chi connectivity index (χ0v) is 19.2. The zero-order valence-electron chi connectivity index (χ0n) is 17.6. The molecule has 2 aromatic carbocycles. The highest BCUT2D eigenvalue weighted by atomic mass is 79.9. The first-order valence-electron chi connectivity index (χ1n) is 10.8. The number of cyclic esters (lactones) is 1. The van der Waals surface area contributed by atoms with Gasteiger partial charge in [-0.05, 0) is 62.3 Å². The van der Waals surface area contributed by atoms with Gasteiger partial charge in [0.2, 0.25) is 0 Å². The summed E-state index contributed by atoms with van der Waals surface area (Å²) < 4.78 is 7.02. The van der Waals surface area contributed by atoms with Gasteiger partial charge in [-0.15, -0.1) is 0 Å². The van der Waals surface area contributed by atoms with Gasteiger partial charge in [0.25, 0.3) is 0 Å². The van der Waals surface area contributed by atoms with Gasteiger partial charge in [-0.1, -0.05) is 58.4 Å². The summed E-state index contributed by atoms with van der Waals surface area (Å²) in [5, 5.41) is 10.8. The molecule has 1 amide bonds. The molecule has 4 rings (SSSR count). The van der Waals surface area contributed by atoms with E-state index in [2.05, 4.69) is 40.2 Å². The van der Waals surface area contributed by atoms with Crippen LogP contribution in [0.4, 0.5) is 4.79 Å². The zero-order chi connectivity index (χ0) is 21.3. The van der Waals surface area contributed by atoms with Crippen LogP contribution in [0.3, 0.4) is 0 Å². The summed E-state index contributed by atoms with van der Waals surface area (Å²) in [5.74, 6) is 0.350. The van der Waals surface area contributed by atoms with E-state index in [0.29, 0.717) is 18.9 Å². The van der Waals surface area contributed by atoms with Crippen LogP contribution in [0.15, 0.2) is 59.1 Å². The Morgan fingerprint density at radius 2 is 1.77 bits per heavy atom. The molecule has 1 unspecified atom stereocenters. The molecule has 0 radical (unpaired) electrons. The fraction of sp³-hybridized carbons (Fsp3) is 0.480. The molecule has 1 saturated carbocycles. The molecule has 1 aliphatic carbocycles. The normalized spacial score (nSPS) is 21.8. The van der Waals surface area contributed by atoms with Crippen LogP contribution in [0.5, 0.6) is 0 Å². The highest BCUT2D eigenvalue weighted by Crippen LogP contribution is 2.46. The van der Waals surface area contributed by atoms with Crippen LogP contribution in [-0.4, -0.2) is 34.3 Å². The Bertz CT molecular complexity index is 858. The van der Waals surface area contributed by atoms with Gasteiger partial charge < -0.3 is 14.7 Å². The number of carbonyl (C=O) groups excluding carboxylic acids is 1. The van der Waals surface area contributed by atoms with Crippen molar-refractivity contribution in [2.24, 2.45) is 11.8 Å². The van der Waals surface area contributed by atoms with Crippen molar-refractivity contribution in [3.63, 3.8) is 0 Å². The maximum absolute atomic E-state index is 13.1. The number of hydrogen-bond donors (Lipinski definition) is 1. The van der Waals surface area contributed by atoms with E-state index in [9.17, 15) is 9.90 Å². The summed E-state index contributed by atoms with van der Waals surface area (Å²) in [6, 6.07) is 18.5. The van der Waals surface area contributed by atoms with Gasteiger partial charge in [-0.2, -0.15) is 0 Å². The van der Waals surface area contributed by atoms with Crippen molar-refractivity contribution in [2.75, 3.05) is 6.54 Å². The second-order valence-corrected chi connectivity index (χ2v) is 10.1. The first-order valence-corrected chi connectivity index (χ1v) is 11.6. The Balaban J connectivity index is 1.50. The van der Waals surface area contributed by atoms with E-state index in [1.807, 2.05) is 49.1 Å². The molecule has 2 aliphatic rings. The van der Waals surface area contributed by atoms with E-state index >= 15 is 0 Å². The Labute approximate surface area is 187 Å². The first-order chi connectivity index (χ1) is 14.3. The molecular formula is C25H30BrNO3. The number of halogens is 1. The van der Waals surface area contributed by atoms with Crippen molar-refractivity contribution in [3.8, 4) is 0 Å². The van der Waals surface area contributed by atoms with Crippen molar-refractivity contribution < 1.29 is 14.6 Å². The van der Waals surface area contributed by atoms with Gasteiger partial charge in [0.15, 0.2) is 0 Å². The lowest BCUT2D eigenvalue weighted by Gasteiger charge is -2.42. The first kappa shape index (κ1) is 21.4. The van der Waals surface area contributed by atoms with Gasteiger partial charge in [0.05, 0.1) is 11.6 Å². The lowest BCUT2D eigenvalue weighted by atomic mass is 9.79. The molecule has 0 bridgehead atoms. The number of nitrogens with zero attached hydrogens (tertiary/aromatic N) is 1. The maximum Gasteiger partial charge on any atom is 0.410 e. The van der Waals surface area contributed by atoms with Gasteiger partial charge in [0, 0.05) is 23.4 Å². The van der Waals surface area contributed by atoms with Crippen molar-refractivity contribution in [1.82, 2.24) is 4.90 Å². The van der Waals surface area contributed by atoms with Crippen LogP contribution in [-0.2, 0) is 11.2 Å². The monoisotopic (exact) mass is 471 g/mol. The molecule has 1 N–H and O–H groups in total. The lowest BCUT2D eigenvalue weighted by Crippen LogP contribution is -2.51. The third-order valence-electron chi connectivity index (χ3n) is 6.41. The number of carbonyl (C=O) groups is 1. The molecule has 1 heterocycles. The topological polar surface area (TPSA) is 49.8 Å². The number of ether oxygens (including phenoxy) is 1. The molecule has 30 heavy (non-hydrogen) atoms. The van der Waals surface area contributed by atoms with E-state index < -0.39 is 5.60 Å². The second-order valence-electron chi connectivity index (χ2n) is 9.19. The molecule has 2 aromatic rings. The summed E-state index contributed by atoms with van der Waals surface area (Å²) in [7, 11) is 0. The van der Waals surface area contributed by atoms with Gasteiger partial charge in [-0.3, -0.25) is 0 Å². The number of hydrogen-bond acceptors (Lipinski definition) is 3. The van der Waals surface area contributed by atoms with Crippen molar-refractivity contribution in [1.29, 1.82) is 0 Å². The Morgan fingerprint density at radius 3 is 2.33 bits per heavy atom. The predicted octanol–water partition coefficient (Wildman–Crippen LogP) is 5.74. The van der Waals surface area contributed by atoms with Crippen molar-refractivity contribution >= 4 is 22.0 Å². The Morgan fingerprint density at radius 1 is 1.10 bits per heavy atom. The van der Waals surface area contributed by atoms with E-state index in [-0.39, 0.29) is 24.2 Å². The quantitative estimate of drug-likeness (QED) is 0.559. The van der Waals surface area contributed by atoms with E-state index in [0.717, 1.165) is 29.3 Å². The Hall–Kier alpha value is -1.85. The number of amides is 1. The molecule has 0 spiro atoms. The van der Waals surface area contributed by atoms with Crippen LogP contribution in [0, 0.1) is 11.8 Å². The number of rotatable bonds is 7. The van der Waals surface area contributed by atoms with Crippen LogP contribution in [0.2, 0.25) is 0 Å². The van der Waals surface area contributed by atoms with Crippen LogP contribution >= 0.6 is 15.9 Å². The fourth-order valence-electron chi connectivity index (χ4n) is 4.63. The molecule has 0 aromatic heterocycles. The minimum atomic E-state index is -0.940. The third-order valence-corrected chi connectivity index (χ3v) is 6.94.